The molecular weight excluding hydrogens is 198 g/mol. The number of methoxy groups -OCH3 is 1. The number of esters is 1. The molecule has 0 radical (unpaired) electrons. The molecule has 0 bridgehead atoms. The quantitative estimate of drug-likeness (QED) is 0.690. The lowest BCUT2D eigenvalue weighted by Crippen LogP contribution is -2.48. The van der Waals surface area contributed by atoms with Crippen LogP contribution < -0.4 is 5.73 Å². The van der Waals surface area contributed by atoms with Crippen LogP contribution in [0.4, 0.5) is 0 Å². The van der Waals surface area contributed by atoms with Crippen LogP contribution in [-0.4, -0.2) is 30.1 Å². The number of ether oxygens (including phenoxy) is 1. The van der Waals surface area contributed by atoms with Crippen molar-refractivity contribution in [3.63, 3.8) is 0 Å². The largest absolute Gasteiger partial charge is 0.468 e. The van der Waals surface area contributed by atoms with Crippen molar-refractivity contribution in [1.82, 2.24) is 0 Å². The van der Waals surface area contributed by atoms with E-state index < -0.39 is 5.54 Å². The van der Waals surface area contributed by atoms with Gasteiger partial charge in [0.25, 0.3) is 0 Å². The van der Waals surface area contributed by atoms with Crippen LogP contribution in [0.25, 0.3) is 0 Å². The van der Waals surface area contributed by atoms with E-state index in [4.69, 9.17) is 5.73 Å². The van der Waals surface area contributed by atoms with Crippen molar-refractivity contribution in [3.8, 4) is 0 Å². The standard InChI is InChI=1S/C10H21NO2S/c1-5-8(2)6-14-7-10(3,11)9(12)13-4/h8H,5-7,11H2,1-4H3. The zero-order valence-corrected chi connectivity index (χ0v) is 10.3. The average molecular weight is 219 g/mol. The molecule has 0 aromatic heterocycles. The Morgan fingerprint density at radius 1 is 1.64 bits per heavy atom. The third-order valence-corrected chi connectivity index (χ3v) is 3.76. The Bertz CT molecular complexity index is 183. The summed E-state index contributed by atoms with van der Waals surface area (Å²) in [5, 5.41) is 0. The van der Waals surface area contributed by atoms with Crippen molar-refractivity contribution < 1.29 is 9.53 Å². The summed E-state index contributed by atoms with van der Waals surface area (Å²) in [6.07, 6.45) is 1.16. The first-order valence-corrected chi connectivity index (χ1v) is 6.04. The van der Waals surface area contributed by atoms with E-state index >= 15 is 0 Å². The third kappa shape index (κ3) is 4.86. The van der Waals surface area contributed by atoms with Gasteiger partial charge >= 0.3 is 5.97 Å². The molecule has 0 amide bonds. The lowest BCUT2D eigenvalue weighted by molar-refractivity contribution is -0.145. The van der Waals surface area contributed by atoms with Crippen LogP contribution in [0.2, 0.25) is 0 Å². The van der Waals surface area contributed by atoms with Crippen molar-refractivity contribution >= 4 is 17.7 Å². The van der Waals surface area contributed by atoms with Gasteiger partial charge in [0.05, 0.1) is 7.11 Å². The Labute approximate surface area is 90.8 Å². The molecule has 2 unspecified atom stereocenters. The summed E-state index contributed by atoms with van der Waals surface area (Å²) in [5.41, 5.74) is 4.95. The maximum absolute atomic E-state index is 11.2. The number of carbonyl (C=O) groups is 1. The first-order valence-electron chi connectivity index (χ1n) is 4.89. The fraction of sp³-hybridized carbons (Fsp3) is 0.900. The fourth-order valence-corrected chi connectivity index (χ4v) is 2.18. The van der Waals surface area contributed by atoms with Crippen LogP contribution in [0.1, 0.15) is 27.2 Å². The monoisotopic (exact) mass is 219 g/mol. The van der Waals surface area contributed by atoms with E-state index in [-0.39, 0.29) is 5.97 Å². The molecule has 84 valence electrons. The molecule has 0 saturated heterocycles. The highest BCUT2D eigenvalue weighted by atomic mass is 32.2. The highest BCUT2D eigenvalue weighted by Gasteiger charge is 2.29. The van der Waals surface area contributed by atoms with E-state index in [1.54, 1.807) is 18.7 Å². The van der Waals surface area contributed by atoms with Gasteiger partial charge in [0.1, 0.15) is 5.54 Å². The summed E-state index contributed by atoms with van der Waals surface area (Å²) in [7, 11) is 1.37. The van der Waals surface area contributed by atoms with Gasteiger partial charge in [-0.1, -0.05) is 20.3 Å². The van der Waals surface area contributed by atoms with Crippen LogP contribution in [0.15, 0.2) is 0 Å². The van der Waals surface area contributed by atoms with Crippen molar-refractivity contribution in [1.29, 1.82) is 0 Å². The highest BCUT2D eigenvalue weighted by molar-refractivity contribution is 7.99. The molecule has 0 spiro atoms. The zero-order valence-electron chi connectivity index (χ0n) is 9.50. The minimum Gasteiger partial charge on any atom is -0.468 e. The van der Waals surface area contributed by atoms with Crippen LogP contribution in [-0.2, 0) is 9.53 Å². The molecule has 2 atom stereocenters. The van der Waals surface area contributed by atoms with Gasteiger partial charge in [-0.3, -0.25) is 4.79 Å². The van der Waals surface area contributed by atoms with Crippen molar-refractivity contribution in [3.05, 3.63) is 0 Å². The predicted molar refractivity (Wildman–Crippen MR) is 61.4 cm³/mol. The maximum atomic E-state index is 11.2. The van der Waals surface area contributed by atoms with E-state index in [0.717, 1.165) is 12.2 Å². The zero-order chi connectivity index (χ0) is 11.2. The van der Waals surface area contributed by atoms with Crippen molar-refractivity contribution in [2.75, 3.05) is 18.6 Å². The van der Waals surface area contributed by atoms with E-state index in [2.05, 4.69) is 18.6 Å². The molecular formula is C10H21NO2S. The second-order valence-corrected chi connectivity index (χ2v) is 4.97. The molecule has 3 nitrogen and oxygen atoms in total. The summed E-state index contributed by atoms with van der Waals surface area (Å²) >= 11 is 1.71. The normalized spacial score (nSPS) is 17.2. The van der Waals surface area contributed by atoms with Gasteiger partial charge < -0.3 is 10.5 Å². The lowest BCUT2D eigenvalue weighted by atomic mass is 10.1. The Hall–Kier alpha value is -0.220. The first-order chi connectivity index (χ1) is 6.44. The molecule has 4 heteroatoms. The molecule has 0 heterocycles. The molecule has 2 N–H and O–H groups in total. The van der Waals surface area contributed by atoms with E-state index in [1.165, 1.54) is 7.11 Å². The summed E-state index contributed by atoms with van der Waals surface area (Å²) in [4.78, 5) is 11.2. The Morgan fingerprint density at radius 3 is 2.64 bits per heavy atom. The molecule has 0 aliphatic carbocycles. The van der Waals surface area contributed by atoms with Crippen molar-refractivity contribution in [2.45, 2.75) is 32.7 Å². The molecule has 0 rings (SSSR count). The number of hydrogen-bond acceptors (Lipinski definition) is 4. The fourth-order valence-electron chi connectivity index (χ4n) is 0.882. The van der Waals surface area contributed by atoms with Gasteiger partial charge in [-0.2, -0.15) is 11.8 Å². The third-order valence-electron chi connectivity index (χ3n) is 2.15. The summed E-state index contributed by atoms with van der Waals surface area (Å²) < 4.78 is 4.62. The highest BCUT2D eigenvalue weighted by Crippen LogP contribution is 2.16. The topological polar surface area (TPSA) is 52.3 Å². The SMILES string of the molecule is CCC(C)CSCC(C)(N)C(=O)OC. The van der Waals surface area contributed by atoms with Gasteiger partial charge in [0.2, 0.25) is 0 Å². The van der Waals surface area contributed by atoms with Crippen LogP contribution in [0.5, 0.6) is 0 Å². The Kier molecular flexibility index (Phi) is 6.20. The average Bonchev–Trinajstić information content (AvgIpc) is 2.15. The van der Waals surface area contributed by atoms with Crippen LogP contribution >= 0.6 is 11.8 Å². The number of thioether (sulfide) groups is 1. The molecule has 0 aromatic rings. The Balaban J connectivity index is 3.82. The lowest BCUT2D eigenvalue weighted by Gasteiger charge is -2.21. The predicted octanol–water partition coefficient (Wildman–Crippen LogP) is 1.66. The number of nitrogens with two attached hydrogens (primary N) is 1. The van der Waals surface area contributed by atoms with Crippen molar-refractivity contribution in [2.24, 2.45) is 11.7 Å². The minimum absolute atomic E-state index is 0.339. The van der Waals surface area contributed by atoms with Gasteiger partial charge in [-0.05, 0) is 18.6 Å². The summed E-state index contributed by atoms with van der Waals surface area (Å²) in [6.45, 7) is 6.06. The number of carbonyl (C=O) groups excluding carboxylic acids is 1. The van der Waals surface area contributed by atoms with Gasteiger partial charge in [0.15, 0.2) is 0 Å². The van der Waals surface area contributed by atoms with E-state index in [1.807, 2.05) is 0 Å². The number of hydrogen-bond donors (Lipinski definition) is 1. The smallest absolute Gasteiger partial charge is 0.326 e. The molecule has 0 aliphatic rings. The first kappa shape index (κ1) is 13.8. The summed E-state index contributed by atoms with van der Waals surface area (Å²) in [6, 6.07) is 0. The molecule has 0 aromatic carbocycles. The number of rotatable bonds is 6. The van der Waals surface area contributed by atoms with Crippen LogP contribution in [0, 0.1) is 5.92 Å². The van der Waals surface area contributed by atoms with Gasteiger partial charge in [-0.25, -0.2) is 0 Å². The minimum atomic E-state index is -0.854. The molecule has 0 aliphatic heterocycles. The van der Waals surface area contributed by atoms with Crippen LogP contribution in [0.3, 0.4) is 0 Å². The summed E-state index contributed by atoms with van der Waals surface area (Å²) in [5.74, 6) is 1.99. The second kappa shape index (κ2) is 6.30. The Morgan fingerprint density at radius 2 is 2.21 bits per heavy atom. The molecule has 0 saturated carbocycles. The van der Waals surface area contributed by atoms with E-state index in [0.29, 0.717) is 11.7 Å². The van der Waals surface area contributed by atoms with E-state index in [9.17, 15) is 4.79 Å². The van der Waals surface area contributed by atoms with Gasteiger partial charge in [-0.15, -0.1) is 0 Å². The molecule has 14 heavy (non-hydrogen) atoms. The molecule has 0 fully saturated rings. The second-order valence-electron chi connectivity index (χ2n) is 3.94. The van der Waals surface area contributed by atoms with Gasteiger partial charge in [0, 0.05) is 5.75 Å². The maximum Gasteiger partial charge on any atom is 0.326 e.